The Labute approximate surface area is 197 Å². The van der Waals surface area contributed by atoms with E-state index in [-0.39, 0.29) is 30.4 Å². The van der Waals surface area contributed by atoms with Gasteiger partial charge in [-0.25, -0.2) is 4.79 Å². The van der Waals surface area contributed by atoms with Gasteiger partial charge < -0.3 is 20.3 Å². The fourth-order valence-electron chi connectivity index (χ4n) is 4.54. The largest absolute Gasteiger partial charge is 0.444 e. The topological polar surface area (TPSA) is 87.7 Å². The Morgan fingerprint density at radius 1 is 1.06 bits per heavy atom. The van der Waals surface area contributed by atoms with E-state index < -0.39 is 17.7 Å². The molecular weight excluding hydrogens is 418 g/mol. The molecule has 2 aliphatic rings. The number of rotatable bonds is 7. The average molecular weight is 458 g/mol. The van der Waals surface area contributed by atoms with E-state index in [1.54, 1.807) is 25.7 Å². The summed E-state index contributed by atoms with van der Waals surface area (Å²) in [6.45, 7) is 9.12. The van der Waals surface area contributed by atoms with Crippen molar-refractivity contribution in [3.05, 3.63) is 34.9 Å². The van der Waals surface area contributed by atoms with E-state index >= 15 is 0 Å². The number of alkyl carbamates (subject to hydrolysis) is 1. The first kappa shape index (κ1) is 25.1. The zero-order valence-electron chi connectivity index (χ0n) is 20.7. The molecule has 7 heteroatoms. The number of nitrogens with one attached hydrogen (secondary N) is 2. The number of hydrogen-bond donors (Lipinski definition) is 2. The molecule has 3 amide bonds. The van der Waals surface area contributed by atoms with Gasteiger partial charge in [0.1, 0.15) is 18.2 Å². The molecule has 0 heterocycles. The van der Waals surface area contributed by atoms with Gasteiger partial charge in [-0.2, -0.15) is 0 Å². The van der Waals surface area contributed by atoms with Crippen molar-refractivity contribution in [2.75, 3.05) is 6.54 Å². The minimum Gasteiger partial charge on any atom is -0.444 e. The molecule has 1 atom stereocenters. The highest BCUT2D eigenvalue weighted by Gasteiger charge is 2.42. The van der Waals surface area contributed by atoms with Crippen LogP contribution in [0.4, 0.5) is 4.79 Å². The molecule has 0 aliphatic heterocycles. The van der Waals surface area contributed by atoms with Crippen molar-refractivity contribution in [3.8, 4) is 0 Å². The monoisotopic (exact) mass is 457 g/mol. The lowest BCUT2D eigenvalue weighted by molar-refractivity contribution is -0.141. The van der Waals surface area contributed by atoms with Crippen LogP contribution >= 0.6 is 0 Å². The zero-order valence-corrected chi connectivity index (χ0v) is 20.7. The third-order valence-electron chi connectivity index (χ3n) is 6.21. The smallest absolute Gasteiger partial charge is 0.408 e. The summed E-state index contributed by atoms with van der Waals surface area (Å²) in [6.07, 6.45) is 6.46. The number of hydrogen-bond acceptors (Lipinski definition) is 4. The van der Waals surface area contributed by atoms with Gasteiger partial charge in [-0.15, -0.1) is 0 Å². The molecule has 3 rings (SSSR count). The van der Waals surface area contributed by atoms with E-state index in [2.05, 4.69) is 10.6 Å². The van der Waals surface area contributed by atoms with Crippen LogP contribution in [0.5, 0.6) is 0 Å². The number of nitrogens with zero attached hydrogens (tertiary/aromatic N) is 1. The Kier molecular flexibility index (Phi) is 8.03. The van der Waals surface area contributed by atoms with Gasteiger partial charge in [0.15, 0.2) is 0 Å². The lowest BCUT2D eigenvalue weighted by atomic mass is 9.93. The van der Waals surface area contributed by atoms with Crippen LogP contribution in [-0.4, -0.2) is 47.0 Å². The Hall–Kier alpha value is -2.57. The second-order valence-electron chi connectivity index (χ2n) is 10.5. The van der Waals surface area contributed by atoms with E-state index in [4.69, 9.17) is 4.74 Å². The normalized spacial score (nSPS) is 17.7. The minimum absolute atomic E-state index is 0.000690. The lowest BCUT2D eigenvalue weighted by Gasteiger charge is -2.34. The first-order valence-electron chi connectivity index (χ1n) is 12.2. The molecule has 2 fully saturated rings. The third-order valence-corrected chi connectivity index (χ3v) is 6.21. The van der Waals surface area contributed by atoms with Crippen molar-refractivity contribution < 1.29 is 19.1 Å². The summed E-state index contributed by atoms with van der Waals surface area (Å²) in [5.74, 6) is -0.404. The quantitative estimate of drug-likeness (QED) is 0.639. The summed E-state index contributed by atoms with van der Waals surface area (Å²) in [5.41, 5.74) is 2.28. The van der Waals surface area contributed by atoms with E-state index in [1.807, 2.05) is 32.0 Å². The van der Waals surface area contributed by atoms with Gasteiger partial charge >= 0.3 is 6.09 Å². The second kappa shape index (κ2) is 10.6. The van der Waals surface area contributed by atoms with Crippen molar-refractivity contribution in [1.82, 2.24) is 15.5 Å². The van der Waals surface area contributed by atoms with Crippen LogP contribution in [0.1, 0.15) is 88.4 Å². The van der Waals surface area contributed by atoms with E-state index in [0.717, 1.165) is 55.2 Å². The summed E-state index contributed by atoms with van der Waals surface area (Å²) in [6, 6.07) is 5.42. The molecule has 7 nitrogen and oxygen atoms in total. The number of aryl methyl sites for hydroxylation is 2. The minimum atomic E-state index is -0.715. The molecule has 2 N–H and O–H groups in total. The second-order valence-corrected chi connectivity index (χ2v) is 10.5. The third kappa shape index (κ3) is 7.21. The number of carbonyl (C=O) groups is 3. The highest BCUT2D eigenvalue weighted by atomic mass is 16.6. The summed E-state index contributed by atoms with van der Waals surface area (Å²) in [7, 11) is 0. The maximum atomic E-state index is 13.6. The molecule has 2 aliphatic carbocycles. The number of benzene rings is 1. The van der Waals surface area contributed by atoms with Gasteiger partial charge in [-0.1, -0.05) is 43.0 Å². The Morgan fingerprint density at radius 3 is 2.30 bits per heavy atom. The van der Waals surface area contributed by atoms with Crippen LogP contribution in [0.15, 0.2) is 18.2 Å². The SMILES string of the molecule is Cc1ccc(C(C(=O)NC2CCCCC2)N(C(=O)CNC(=O)OC(C)(C)C)C2CC2)c(C)c1. The maximum Gasteiger partial charge on any atom is 0.408 e. The van der Waals surface area contributed by atoms with Crippen molar-refractivity contribution in [2.45, 2.75) is 103 Å². The van der Waals surface area contributed by atoms with Gasteiger partial charge in [0.2, 0.25) is 11.8 Å². The average Bonchev–Trinajstić information content (AvgIpc) is 3.55. The van der Waals surface area contributed by atoms with Gasteiger partial charge in [-0.3, -0.25) is 9.59 Å². The van der Waals surface area contributed by atoms with Gasteiger partial charge in [-0.05, 0) is 71.4 Å². The first-order valence-corrected chi connectivity index (χ1v) is 12.2. The predicted octanol–water partition coefficient (Wildman–Crippen LogP) is 4.31. The molecule has 0 bridgehead atoms. The van der Waals surface area contributed by atoms with E-state index in [9.17, 15) is 14.4 Å². The maximum absolute atomic E-state index is 13.6. The molecule has 1 unspecified atom stereocenters. The zero-order chi connectivity index (χ0) is 24.2. The molecule has 0 radical (unpaired) electrons. The first-order chi connectivity index (χ1) is 15.5. The highest BCUT2D eigenvalue weighted by Crippen LogP contribution is 2.36. The molecule has 0 saturated heterocycles. The lowest BCUT2D eigenvalue weighted by Crippen LogP contribution is -2.50. The fraction of sp³-hybridized carbons (Fsp3) is 0.654. The Morgan fingerprint density at radius 2 is 1.73 bits per heavy atom. The summed E-state index contributed by atoms with van der Waals surface area (Å²) in [5, 5.41) is 5.80. The van der Waals surface area contributed by atoms with Crippen LogP contribution in [0, 0.1) is 13.8 Å². The van der Waals surface area contributed by atoms with Crippen molar-refractivity contribution >= 4 is 17.9 Å². The van der Waals surface area contributed by atoms with Crippen LogP contribution in [0.25, 0.3) is 0 Å². The van der Waals surface area contributed by atoms with Gasteiger partial charge in [0, 0.05) is 12.1 Å². The number of carbonyl (C=O) groups excluding carboxylic acids is 3. The molecule has 0 aromatic heterocycles. The number of amides is 3. The molecular formula is C26H39N3O4. The number of ether oxygens (including phenoxy) is 1. The van der Waals surface area contributed by atoms with Crippen LogP contribution in [0.3, 0.4) is 0 Å². The predicted molar refractivity (Wildman–Crippen MR) is 128 cm³/mol. The summed E-state index contributed by atoms with van der Waals surface area (Å²) in [4.78, 5) is 40.8. The van der Waals surface area contributed by atoms with Crippen LogP contribution in [-0.2, 0) is 14.3 Å². The fourth-order valence-corrected chi connectivity index (χ4v) is 4.54. The molecule has 33 heavy (non-hydrogen) atoms. The van der Waals surface area contributed by atoms with Gasteiger partial charge in [0.05, 0.1) is 0 Å². The Balaban J connectivity index is 1.83. The van der Waals surface area contributed by atoms with E-state index in [0.29, 0.717) is 0 Å². The standard InChI is InChI=1S/C26H39N3O4/c1-17-11-14-21(18(2)15-17)23(24(31)28-19-9-7-6-8-10-19)29(20-12-13-20)22(30)16-27-25(32)33-26(3,4)5/h11,14-15,19-20,23H,6-10,12-13,16H2,1-5H3,(H,27,32)(H,28,31). The Bertz CT molecular complexity index is 867. The molecule has 1 aromatic rings. The molecule has 2 saturated carbocycles. The van der Waals surface area contributed by atoms with Crippen LogP contribution in [0.2, 0.25) is 0 Å². The highest BCUT2D eigenvalue weighted by molar-refractivity contribution is 5.91. The van der Waals surface area contributed by atoms with E-state index in [1.165, 1.54) is 6.42 Å². The van der Waals surface area contributed by atoms with Gasteiger partial charge in [0.25, 0.3) is 0 Å². The summed E-state index contributed by atoms with van der Waals surface area (Å²) >= 11 is 0. The van der Waals surface area contributed by atoms with Crippen LogP contribution < -0.4 is 10.6 Å². The molecule has 1 aromatic carbocycles. The molecule has 0 spiro atoms. The van der Waals surface area contributed by atoms with Crippen molar-refractivity contribution in [3.63, 3.8) is 0 Å². The van der Waals surface area contributed by atoms with Crippen molar-refractivity contribution in [2.24, 2.45) is 0 Å². The molecule has 182 valence electrons. The summed E-state index contributed by atoms with van der Waals surface area (Å²) < 4.78 is 5.27. The van der Waals surface area contributed by atoms with Crippen molar-refractivity contribution in [1.29, 1.82) is 0 Å².